The van der Waals surface area contributed by atoms with Crippen molar-refractivity contribution in [1.82, 2.24) is 4.90 Å². The third kappa shape index (κ3) is 16.4. The van der Waals surface area contributed by atoms with Gasteiger partial charge >= 0.3 is 5.97 Å². The SMILES string of the molecule is C1CC1.C=C(O)C(C)(C)CC(=O)O.C=C1CC2(CC(=N)N(CCN)C(=C)c3ccc(OC)cc3)CCC3C(CCC4C5(C)CCC(C)C5CCC34C)C2=C1C(C)C.CC.CC(C)(C)C=O.CCC.CO. The lowest BCUT2D eigenvalue weighted by atomic mass is 9.40. The summed E-state index contributed by atoms with van der Waals surface area (Å²) < 4.78 is 5.39. The van der Waals surface area contributed by atoms with Gasteiger partial charge in [-0.25, -0.2) is 0 Å². The highest BCUT2D eigenvalue weighted by Crippen LogP contribution is 2.73. The first-order chi connectivity index (χ1) is 32.7. The molecule has 0 bridgehead atoms. The van der Waals surface area contributed by atoms with E-state index in [9.17, 15) is 15.0 Å². The number of carbonyl (C=O) groups is 2. The van der Waals surface area contributed by atoms with Crippen LogP contribution >= 0.6 is 0 Å². The van der Waals surface area contributed by atoms with Crippen LogP contribution in [0.15, 0.2) is 66.5 Å². The Bertz CT molecular complexity index is 1870. The number of hydrogen-bond acceptors (Lipinski definition) is 7. The van der Waals surface area contributed by atoms with Crippen LogP contribution in [-0.2, 0) is 9.59 Å². The van der Waals surface area contributed by atoms with Crippen LogP contribution in [0, 0.1) is 68.0 Å². The van der Waals surface area contributed by atoms with Crippen molar-refractivity contribution in [3.05, 3.63) is 72.0 Å². The van der Waals surface area contributed by atoms with E-state index in [-0.39, 0.29) is 23.0 Å². The summed E-state index contributed by atoms with van der Waals surface area (Å²) >= 11 is 0. The Balaban J connectivity index is 0.000000776. The maximum Gasteiger partial charge on any atom is 0.304 e. The average Bonchev–Trinajstić information content (AvgIpc) is 4.12. The van der Waals surface area contributed by atoms with Crippen LogP contribution in [0.25, 0.3) is 5.70 Å². The third-order valence-corrected chi connectivity index (χ3v) is 16.0. The molecular weight excluding hydrogens is 871 g/mol. The van der Waals surface area contributed by atoms with Gasteiger partial charge in [0.15, 0.2) is 0 Å². The van der Waals surface area contributed by atoms with Crippen LogP contribution < -0.4 is 10.5 Å². The quantitative estimate of drug-likeness (QED) is 0.0635. The van der Waals surface area contributed by atoms with E-state index in [0.717, 1.165) is 66.9 Å². The molecule has 0 saturated heterocycles. The summed E-state index contributed by atoms with van der Waals surface area (Å²) in [6.45, 7) is 43.4. The molecule has 0 amide bonds. The van der Waals surface area contributed by atoms with Crippen LogP contribution in [0.5, 0.6) is 5.75 Å². The maximum atomic E-state index is 10.2. The zero-order valence-corrected chi connectivity index (χ0v) is 47.6. The first-order valence-electron chi connectivity index (χ1n) is 27.1. The van der Waals surface area contributed by atoms with Crippen molar-refractivity contribution < 1.29 is 29.6 Å². The smallest absolute Gasteiger partial charge is 0.304 e. The topological polar surface area (TPSA) is 157 Å². The first-order valence-corrected chi connectivity index (χ1v) is 27.1. The highest BCUT2D eigenvalue weighted by Gasteiger charge is 2.64. The molecule has 0 aromatic heterocycles. The van der Waals surface area contributed by atoms with Crippen molar-refractivity contribution in [2.45, 2.75) is 193 Å². The number of benzene rings is 1. The summed E-state index contributed by atoms with van der Waals surface area (Å²) in [4.78, 5) is 22.1. The summed E-state index contributed by atoms with van der Waals surface area (Å²) in [6.07, 6.45) is 19.2. The number of ether oxygens (including phenoxy) is 1. The standard InChI is InChI=1S/C40H59N3O.C7H12O3.C5H10O.C3H6.C3H8.C2H6.CH4O/c1-25(2)36-27(4)23-40(24-35(42)43(22-21-41)28(5)29-9-11-30(44-8)12-10-29)20-17-33-31(37(36)40)13-14-34-38(6)18-15-26(3)32(38)16-19-39(33,34)7;1-5(8)7(2,3)4-6(9)10;1-5(2,3)4-6;1-2-3-1;1-3-2;2*1-2/h9-12,25-26,31-34,42H,4-5,13-24,41H2,1-3,6-8H3;8H,1,4H2,2-3H3,(H,9,10);4H,1-3H3;1-3H2;3H2,1-2H3;1-2H3;2H,1H3. The van der Waals surface area contributed by atoms with Crippen LogP contribution in [0.2, 0.25) is 0 Å². The number of methoxy groups -OCH3 is 1. The summed E-state index contributed by atoms with van der Waals surface area (Å²) in [6, 6.07) is 8.03. The predicted molar refractivity (Wildman–Crippen MR) is 297 cm³/mol. The number of aldehydes is 1. The van der Waals surface area contributed by atoms with E-state index in [2.05, 4.69) is 66.5 Å². The van der Waals surface area contributed by atoms with Crippen molar-refractivity contribution in [2.75, 3.05) is 27.3 Å². The van der Waals surface area contributed by atoms with Gasteiger partial charge < -0.3 is 35.5 Å². The molecule has 9 nitrogen and oxygen atoms in total. The number of allylic oxidation sites excluding steroid dienone is 4. The van der Waals surface area contributed by atoms with Crippen molar-refractivity contribution in [1.29, 1.82) is 5.41 Å². The molecule has 0 aliphatic heterocycles. The van der Waals surface area contributed by atoms with Gasteiger partial charge in [0.2, 0.25) is 0 Å². The van der Waals surface area contributed by atoms with Gasteiger partial charge in [-0.1, -0.05) is 153 Å². The van der Waals surface area contributed by atoms with E-state index in [4.69, 9.17) is 32.4 Å². The monoisotopic (exact) mass is 976 g/mol. The van der Waals surface area contributed by atoms with Gasteiger partial charge in [0.05, 0.1) is 19.3 Å². The van der Waals surface area contributed by atoms with Crippen molar-refractivity contribution in [3.8, 4) is 5.75 Å². The Labute approximate surface area is 428 Å². The molecule has 0 radical (unpaired) electrons. The minimum Gasteiger partial charge on any atom is -0.512 e. The number of carboxylic acid groups (broad SMARTS) is 1. The Morgan fingerprint density at radius 3 is 1.84 bits per heavy atom. The molecule has 70 heavy (non-hydrogen) atoms. The van der Waals surface area contributed by atoms with Crippen LogP contribution in [-0.4, -0.2) is 65.6 Å². The normalized spacial score (nSPS) is 27.7. The molecule has 0 heterocycles. The number of fused-ring (bicyclic) bond motifs is 7. The summed E-state index contributed by atoms with van der Waals surface area (Å²) in [5.74, 6) is 4.97. The number of rotatable bonds is 11. The minimum atomic E-state index is -0.930. The Kier molecular flexibility index (Phi) is 26.2. The average molecular weight is 977 g/mol. The van der Waals surface area contributed by atoms with Gasteiger partial charge in [-0.3, -0.25) is 10.2 Å². The number of carbonyl (C=O) groups excluding carboxylic acids is 1. The fourth-order valence-corrected chi connectivity index (χ4v) is 12.7. The van der Waals surface area contributed by atoms with E-state index in [1.54, 1.807) is 32.1 Å². The van der Waals surface area contributed by atoms with Crippen LogP contribution in [0.1, 0.15) is 199 Å². The Morgan fingerprint density at radius 1 is 0.914 bits per heavy atom. The van der Waals surface area contributed by atoms with Crippen molar-refractivity contribution in [2.24, 2.45) is 68.3 Å². The highest BCUT2D eigenvalue weighted by molar-refractivity contribution is 5.89. The molecule has 5 fully saturated rings. The van der Waals surface area contributed by atoms with Crippen molar-refractivity contribution >= 4 is 23.8 Å². The highest BCUT2D eigenvalue weighted by atomic mass is 16.5. The summed E-state index contributed by atoms with van der Waals surface area (Å²) in [5, 5.41) is 33.8. The van der Waals surface area contributed by atoms with E-state index in [1.165, 1.54) is 82.6 Å². The molecule has 7 rings (SSSR count). The van der Waals surface area contributed by atoms with Gasteiger partial charge in [-0.2, -0.15) is 0 Å². The van der Waals surface area contributed by atoms with Crippen LogP contribution in [0.4, 0.5) is 0 Å². The van der Waals surface area contributed by atoms with Crippen molar-refractivity contribution in [3.63, 3.8) is 0 Å². The van der Waals surface area contributed by atoms with E-state index < -0.39 is 11.4 Å². The molecule has 8 unspecified atom stereocenters. The molecule has 0 spiro atoms. The number of nitrogens with two attached hydrogens (primary N) is 1. The molecule has 1 aromatic carbocycles. The Hall–Kier alpha value is -3.69. The number of amidine groups is 1. The zero-order chi connectivity index (χ0) is 54.0. The number of nitrogens with zero attached hydrogens (tertiary/aromatic N) is 1. The number of nitrogens with one attached hydrogen (secondary N) is 1. The zero-order valence-electron chi connectivity index (χ0n) is 47.6. The van der Waals surface area contributed by atoms with Gasteiger partial charge in [-0.05, 0) is 140 Å². The fourth-order valence-electron chi connectivity index (χ4n) is 12.7. The van der Waals surface area contributed by atoms with E-state index >= 15 is 0 Å². The second-order valence-electron chi connectivity index (χ2n) is 23.5. The fraction of sp³-hybridized carbons (Fsp3) is 0.721. The molecule has 9 heteroatoms. The number of aliphatic hydroxyl groups is 2. The second-order valence-corrected chi connectivity index (χ2v) is 23.5. The van der Waals surface area contributed by atoms with Crippen LogP contribution in [0.3, 0.4) is 0 Å². The largest absolute Gasteiger partial charge is 0.512 e. The molecule has 1 aromatic rings. The number of aliphatic carboxylic acids is 1. The predicted octanol–water partition coefficient (Wildman–Crippen LogP) is 15.5. The maximum absolute atomic E-state index is 10.2. The molecule has 400 valence electrons. The number of carboxylic acids is 1. The van der Waals surface area contributed by atoms with Gasteiger partial charge in [0.1, 0.15) is 17.9 Å². The minimum absolute atomic E-state index is 0.00581. The lowest BCUT2D eigenvalue weighted by molar-refractivity contribution is -0.139. The number of aliphatic hydroxyl groups excluding tert-OH is 2. The van der Waals surface area contributed by atoms with Gasteiger partial charge in [-0.15, -0.1) is 0 Å². The molecular formula is C61H105N3O6. The van der Waals surface area contributed by atoms with Gasteiger partial charge in [0, 0.05) is 48.6 Å². The molecule has 5 saturated carbocycles. The lowest BCUT2D eigenvalue weighted by Gasteiger charge is -2.64. The van der Waals surface area contributed by atoms with E-state index in [0.29, 0.717) is 41.6 Å². The second kappa shape index (κ2) is 28.5. The third-order valence-electron chi connectivity index (χ3n) is 16.0. The molecule has 6 aliphatic carbocycles. The molecule has 6 aliphatic rings. The molecule has 6 N–H and O–H groups in total. The number of hydrogen-bond donors (Lipinski definition) is 5. The Morgan fingerprint density at radius 2 is 1.41 bits per heavy atom. The summed E-state index contributed by atoms with van der Waals surface area (Å²) in [5.41, 5.74) is 12.7. The first kappa shape index (κ1) is 64.3. The molecule has 8 atom stereocenters. The summed E-state index contributed by atoms with van der Waals surface area (Å²) in [7, 11) is 2.69. The van der Waals surface area contributed by atoms with E-state index in [1.807, 2.05) is 58.9 Å². The lowest BCUT2D eigenvalue weighted by Crippen LogP contribution is -2.57. The van der Waals surface area contributed by atoms with Gasteiger partial charge in [0.25, 0.3) is 0 Å².